The van der Waals surface area contributed by atoms with E-state index in [0.29, 0.717) is 9.21 Å². The lowest BCUT2D eigenvalue weighted by Crippen LogP contribution is -2.38. The van der Waals surface area contributed by atoms with Gasteiger partial charge in [0.05, 0.1) is 9.21 Å². The molecule has 0 fully saturated rings. The van der Waals surface area contributed by atoms with Crippen molar-refractivity contribution in [1.29, 1.82) is 0 Å². The minimum Gasteiger partial charge on any atom is -0.456 e. The van der Waals surface area contributed by atoms with Crippen molar-refractivity contribution in [3.8, 4) is 0 Å². The summed E-state index contributed by atoms with van der Waals surface area (Å²) in [5.41, 5.74) is 0. The summed E-state index contributed by atoms with van der Waals surface area (Å²) in [6.45, 7) is 2.42. The van der Waals surface area contributed by atoms with Crippen LogP contribution in [0.15, 0.2) is 12.1 Å². The molecule has 0 unspecified atom stereocenters. The van der Waals surface area contributed by atoms with E-state index in [0.717, 1.165) is 11.3 Å². The highest BCUT2D eigenvalue weighted by atomic mass is 35.5. The summed E-state index contributed by atoms with van der Waals surface area (Å²) in [6.07, 6.45) is 0. The van der Waals surface area contributed by atoms with E-state index in [-0.39, 0.29) is 18.3 Å². The lowest BCUT2D eigenvalue weighted by atomic mass is 10.3. The summed E-state index contributed by atoms with van der Waals surface area (Å²) in [4.78, 5) is 34.2. The number of carbonyl (C=O) groups excluding carboxylic acids is 3. The van der Waals surface area contributed by atoms with E-state index in [2.05, 4.69) is 5.32 Å². The zero-order chi connectivity index (χ0) is 13.7. The van der Waals surface area contributed by atoms with Gasteiger partial charge in [0.1, 0.15) is 6.04 Å². The fourth-order valence-corrected chi connectivity index (χ4v) is 2.13. The van der Waals surface area contributed by atoms with Gasteiger partial charge in [-0.05, 0) is 19.1 Å². The Hall–Kier alpha value is -1.40. The van der Waals surface area contributed by atoms with Gasteiger partial charge in [0.25, 0.3) is 0 Å². The normalized spacial score (nSPS) is 11.7. The highest BCUT2D eigenvalue weighted by molar-refractivity contribution is 7.18. The Bertz CT molecular complexity index is 471. The Balaban J connectivity index is 2.43. The van der Waals surface area contributed by atoms with Gasteiger partial charge in [-0.25, -0.2) is 4.79 Å². The van der Waals surface area contributed by atoms with Crippen molar-refractivity contribution in [2.24, 2.45) is 0 Å². The topological polar surface area (TPSA) is 72.5 Å². The number of rotatable bonds is 5. The van der Waals surface area contributed by atoms with Crippen molar-refractivity contribution in [1.82, 2.24) is 5.32 Å². The highest BCUT2D eigenvalue weighted by Gasteiger charge is 2.17. The largest absolute Gasteiger partial charge is 0.456 e. The molecule has 18 heavy (non-hydrogen) atoms. The lowest BCUT2D eigenvalue weighted by molar-refractivity contribution is -0.146. The van der Waals surface area contributed by atoms with Crippen LogP contribution in [-0.2, 0) is 14.3 Å². The van der Waals surface area contributed by atoms with E-state index in [4.69, 9.17) is 16.3 Å². The summed E-state index contributed by atoms with van der Waals surface area (Å²) in [7, 11) is 0. The molecule has 1 rings (SSSR count). The Morgan fingerprint density at radius 1 is 1.44 bits per heavy atom. The number of carbonyl (C=O) groups is 3. The van der Waals surface area contributed by atoms with Crippen LogP contribution in [0.5, 0.6) is 0 Å². The molecule has 1 aromatic heterocycles. The van der Waals surface area contributed by atoms with Gasteiger partial charge in [-0.3, -0.25) is 9.59 Å². The second-order valence-electron chi connectivity index (χ2n) is 3.56. The van der Waals surface area contributed by atoms with Gasteiger partial charge in [-0.1, -0.05) is 11.6 Å². The van der Waals surface area contributed by atoms with Crippen molar-refractivity contribution >= 4 is 40.6 Å². The summed E-state index contributed by atoms with van der Waals surface area (Å²) < 4.78 is 5.29. The molecule has 1 aromatic rings. The second kappa shape index (κ2) is 6.51. The van der Waals surface area contributed by atoms with Crippen LogP contribution in [0, 0.1) is 0 Å². The van der Waals surface area contributed by atoms with Gasteiger partial charge in [-0.15, -0.1) is 11.3 Å². The molecule has 5 nitrogen and oxygen atoms in total. The smallest absolute Gasteiger partial charge is 0.328 e. The van der Waals surface area contributed by atoms with Crippen molar-refractivity contribution < 1.29 is 19.1 Å². The lowest BCUT2D eigenvalue weighted by Gasteiger charge is -2.11. The third kappa shape index (κ3) is 4.46. The summed E-state index contributed by atoms with van der Waals surface area (Å²) >= 11 is 6.81. The number of ketones is 1. The Morgan fingerprint density at radius 2 is 2.11 bits per heavy atom. The Morgan fingerprint density at radius 3 is 2.61 bits per heavy atom. The molecule has 0 saturated heterocycles. The van der Waals surface area contributed by atoms with E-state index in [9.17, 15) is 14.4 Å². The summed E-state index contributed by atoms with van der Waals surface area (Å²) in [5.74, 6) is -1.31. The predicted octanol–water partition coefficient (Wildman–Crippen LogP) is 1.65. The van der Waals surface area contributed by atoms with Gasteiger partial charge in [-0.2, -0.15) is 0 Å². The van der Waals surface area contributed by atoms with Crippen LogP contribution in [-0.4, -0.2) is 30.3 Å². The Kier molecular flexibility index (Phi) is 5.30. The first-order chi connectivity index (χ1) is 8.40. The number of hydrogen-bond donors (Lipinski definition) is 1. The first-order valence-electron chi connectivity index (χ1n) is 5.12. The number of hydrogen-bond acceptors (Lipinski definition) is 5. The maximum Gasteiger partial charge on any atom is 0.328 e. The molecule has 1 amide bonds. The summed E-state index contributed by atoms with van der Waals surface area (Å²) in [5, 5.41) is 2.37. The van der Waals surface area contributed by atoms with Gasteiger partial charge >= 0.3 is 5.97 Å². The fraction of sp³-hybridized carbons (Fsp3) is 0.364. The molecular weight excluding hydrogens is 278 g/mol. The van der Waals surface area contributed by atoms with Crippen LogP contribution >= 0.6 is 22.9 Å². The van der Waals surface area contributed by atoms with E-state index >= 15 is 0 Å². The maximum absolute atomic E-state index is 11.6. The van der Waals surface area contributed by atoms with E-state index in [1.165, 1.54) is 13.8 Å². The maximum atomic E-state index is 11.6. The van der Waals surface area contributed by atoms with E-state index < -0.39 is 12.0 Å². The predicted molar refractivity (Wildman–Crippen MR) is 67.9 cm³/mol. The molecule has 1 atom stereocenters. The van der Waals surface area contributed by atoms with Gasteiger partial charge < -0.3 is 10.1 Å². The zero-order valence-electron chi connectivity index (χ0n) is 9.86. The van der Waals surface area contributed by atoms with Crippen molar-refractivity contribution in [2.45, 2.75) is 19.9 Å². The van der Waals surface area contributed by atoms with Crippen molar-refractivity contribution in [3.63, 3.8) is 0 Å². The molecule has 0 bridgehead atoms. The molecule has 0 saturated carbocycles. The van der Waals surface area contributed by atoms with Gasteiger partial charge in [0, 0.05) is 6.92 Å². The third-order valence-electron chi connectivity index (χ3n) is 1.97. The van der Waals surface area contributed by atoms with Crippen LogP contribution in [0.4, 0.5) is 0 Å². The molecule has 0 aromatic carbocycles. The fourth-order valence-electron chi connectivity index (χ4n) is 1.16. The van der Waals surface area contributed by atoms with Crippen LogP contribution < -0.4 is 5.32 Å². The molecule has 0 spiro atoms. The standard InChI is InChI=1S/C11H12ClNO4S/c1-6(13-7(2)14)11(16)17-5-8(15)9-3-4-10(12)18-9/h3-4,6H,5H2,1-2H3,(H,13,14)/t6-/m0/s1. The number of ether oxygens (including phenoxy) is 1. The van der Waals surface area contributed by atoms with Gasteiger partial charge in [0.2, 0.25) is 11.7 Å². The molecular formula is C11H12ClNO4S. The summed E-state index contributed by atoms with van der Waals surface area (Å²) in [6, 6.07) is 2.39. The monoisotopic (exact) mass is 289 g/mol. The number of Topliss-reactive ketones (excluding diaryl/α,β-unsaturated/α-hetero) is 1. The average Bonchev–Trinajstić information content (AvgIpc) is 2.71. The first-order valence-corrected chi connectivity index (χ1v) is 6.32. The highest BCUT2D eigenvalue weighted by Crippen LogP contribution is 2.21. The number of nitrogens with one attached hydrogen (secondary N) is 1. The molecule has 98 valence electrons. The molecule has 0 aliphatic heterocycles. The van der Waals surface area contributed by atoms with Crippen LogP contribution in [0.25, 0.3) is 0 Å². The molecule has 0 radical (unpaired) electrons. The number of esters is 1. The minimum absolute atomic E-state index is 0.324. The second-order valence-corrected chi connectivity index (χ2v) is 5.27. The molecule has 1 heterocycles. The Labute approximate surface area is 113 Å². The van der Waals surface area contributed by atoms with E-state index in [1.54, 1.807) is 12.1 Å². The molecule has 0 aliphatic carbocycles. The van der Waals surface area contributed by atoms with Crippen molar-refractivity contribution in [3.05, 3.63) is 21.3 Å². The minimum atomic E-state index is -0.776. The van der Waals surface area contributed by atoms with Gasteiger partial charge in [0.15, 0.2) is 6.61 Å². The third-order valence-corrected chi connectivity index (χ3v) is 3.24. The molecule has 7 heteroatoms. The number of halogens is 1. The number of thiophene rings is 1. The van der Waals surface area contributed by atoms with Crippen LogP contribution in [0.1, 0.15) is 23.5 Å². The number of amides is 1. The molecule has 1 N–H and O–H groups in total. The quantitative estimate of drug-likeness (QED) is 0.661. The zero-order valence-corrected chi connectivity index (χ0v) is 11.4. The SMILES string of the molecule is CC(=O)N[C@@H](C)C(=O)OCC(=O)c1ccc(Cl)s1. The van der Waals surface area contributed by atoms with Crippen molar-refractivity contribution in [2.75, 3.05) is 6.61 Å². The van der Waals surface area contributed by atoms with E-state index in [1.807, 2.05) is 0 Å². The average molecular weight is 290 g/mol. The van der Waals surface area contributed by atoms with Crippen LogP contribution in [0.3, 0.4) is 0 Å². The van der Waals surface area contributed by atoms with Crippen LogP contribution in [0.2, 0.25) is 4.34 Å². The molecule has 0 aliphatic rings. The first kappa shape index (κ1) is 14.7.